The van der Waals surface area contributed by atoms with Crippen LogP contribution in [0.5, 0.6) is 0 Å². The zero-order valence-corrected chi connectivity index (χ0v) is 36.4. The first kappa shape index (κ1) is 30.3. The molecule has 1 heterocycles. The second-order valence-corrected chi connectivity index (χ2v) is 24.8. The van der Waals surface area contributed by atoms with Crippen LogP contribution in [0.4, 0.5) is 0 Å². The van der Waals surface area contributed by atoms with Gasteiger partial charge in [0.15, 0.2) is 5.78 Å². The molecule has 8 aliphatic rings. The minimum absolute atomic E-state index is 0. The van der Waals surface area contributed by atoms with Gasteiger partial charge in [0.1, 0.15) is 5.76 Å². The Morgan fingerprint density at radius 1 is 0.800 bits per heavy atom. The summed E-state index contributed by atoms with van der Waals surface area (Å²) < 4.78 is 66.3. The summed E-state index contributed by atoms with van der Waals surface area (Å²) in [5.41, 5.74) is 3.99. The predicted octanol–water partition coefficient (Wildman–Crippen LogP) is 12.3. The summed E-state index contributed by atoms with van der Waals surface area (Å²) in [6.45, 7) is 8.24. The summed E-state index contributed by atoms with van der Waals surface area (Å²) in [5, 5.41) is 13.6. The van der Waals surface area contributed by atoms with Gasteiger partial charge in [0.25, 0.3) is 0 Å². The van der Waals surface area contributed by atoms with Gasteiger partial charge in [0, 0.05) is 46.0 Å². The smallest absolute Gasteiger partial charge is 0.168 e. The first-order valence-corrected chi connectivity index (χ1v) is 24.1. The number of benzene rings is 3. The number of fused-ring (bicyclic) bond motifs is 1. The summed E-state index contributed by atoms with van der Waals surface area (Å²) in [7, 11) is -1.66. The maximum Gasteiger partial charge on any atom is 0.168 e. The number of aliphatic hydroxyl groups excluding tert-OH is 1. The van der Waals surface area contributed by atoms with Crippen LogP contribution in [-0.4, -0.2) is 23.9 Å². The van der Waals surface area contributed by atoms with E-state index < -0.39 is 31.8 Å². The number of carbonyl (C=O) groups excluding carboxylic acids is 1. The van der Waals surface area contributed by atoms with E-state index in [1.165, 1.54) is 43.7 Å². The third-order valence-electron chi connectivity index (χ3n) is 14.4. The maximum atomic E-state index is 14.0. The van der Waals surface area contributed by atoms with Crippen LogP contribution in [0, 0.1) is 66.3 Å². The monoisotopic (exact) mass is 935 g/mol. The summed E-state index contributed by atoms with van der Waals surface area (Å²) in [4.78, 5) is 18.9. The summed E-state index contributed by atoms with van der Waals surface area (Å²) in [6.07, 6.45) is 12.6. The van der Waals surface area contributed by atoms with E-state index in [0.29, 0.717) is 46.8 Å². The topological polar surface area (TPSA) is 50.2 Å². The fourth-order valence-electron chi connectivity index (χ4n) is 12.9. The minimum atomic E-state index is -2.52. The van der Waals surface area contributed by atoms with Crippen LogP contribution in [0.3, 0.4) is 0 Å². The standard InChI is InChI=1S/C26H26NSi.C24H34O2.Ir/c1-18-13-19(2)15-21(14-18)26-17-23(20-9-7-6-8-10-20)24-16-22(28(3,4)5)11-12-25(24)27-26;1-14(21(25)23-8-15-2-16(9-23)4-17(3-15)10-23)22(26)24-11-18-5-19(12-24)7-20(6-18)13-24;/h6-14,16-17H,1-5H3;15-20,25H,2-13H2,1H3;/q-1;;/b;21-14-;/i6D,7D,8D,9D,10D;1D3;. The number of aromatic nitrogens is 1. The van der Waals surface area contributed by atoms with Gasteiger partial charge in [-0.1, -0.05) is 87.1 Å². The quantitative estimate of drug-likeness (QED) is 0.0907. The number of carbonyl (C=O) groups is 1. The van der Waals surface area contributed by atoms with Gasteiger partial charge in [0.05, 0.1) is 20.4 Å². The predicted molar refractivity (Wildman–Crippen MR) is 225 cm³/mol. The molecule has 8 bridgehead atoms. The van der Waals surface area contributed by atoms with Crippen LogP contribution in [-0.2, 0) is 24.9 Å². The van der Waals surface area contributed by atoms with E-state index in [9.17, 15) is 9.90 Å². The van der Waals surface area contributed by atoms with Gasteiger partial charge < -0.3 is 5.11 Å². The molecule has 12 rings (SSSR count). The molecule has 0 saturated heterocycles. The van der Waals surface area contributed by atoms with Gasteiger partial charge >= 0.3 is 0 Å². The Morgan fingerprint density at radius 3 is 1.85 bits per heavy atom. The van der Waals surface area contributed by atoms with Crippen molar-refractivity contribution in [3.05, 3.63) is 95.1 Å². The molecule has 3 aromatic carbocycles. The molecule has 0 atom stereocenters. The molecule has 0 unspecified atom stereocenters. The van der Waals surface area contributed by atoms with Crippen molar-refractivity contribution in [2.75, 3.05) is 0 Å². The van der Waals surface area contributed by atoms with E-state index in [0.717, 1.165) is 66.1 Å². The molecule has 8 saturated carbocycles. The summed E-state index contributed by atoms with van der Waals surface area (Å²) in [6, 6.07) is 13.9. The minimum Gasteiger partial charge on any atom is -0.511 e. The molecule has 291 valence electrons. The number of pyridine rings is 1. The van der Waals surface area contributed by atoms with E-state index in [2.05, 4.69) is 37.8 Å². The number of allylic oxidation sites excluding steroid dienone is 2. The first-order chi connectivity index (χ1) is 29.0. The summed E-state index contributed by atoms with van der Waals surface area (Å²) in [5.74, 6) is 3.39. The number of Topliss-reactive ketones (excluding diaryl/α,β-unsaturated/α-hetero) is 1. The molecule has 0 aliphatic heterocycles. The van der Waals surface area contributed by atoms with Crippen LogP contribution in [0.15, 0.2) is 77.9 Å². The number of ketones is 1. The van der Waals surface area contributed by atoms with Gasteiger partial charge in [-0.2, -0.15) is 0 Å². The van der Waals surface area contributed by atoms with E-state index in [1.807, 2.05) is 38.1 Å². The molecule has 3 nitrogen and oxygen atoms in total. The van der Waals surface area contributed by atoms with E-state index in [4.69, 9.17) is 16.0 Å². The van der Waals surface area contributed by atoms with Crippen molar-refractivity contribution in [1.29, 1.82) is 0 Å². The van der Waals surface area contributed by atoms with Crippen molar-refractivity contribution in [3.63, 3.8) is 0 Å². The number of nitrogens with zero attached hydrogens (tertiary/aromatic N) is 1. The molecule has 0 amide bonds. The first-order valence-electron chi connectivity index (χ1n) is 24.6. The van der Waals surface area contributed by atoms with Crippen LogP contribution < -0.4 is 5.19 Å². The van der Waals surface area contributed by atoms with E-state index in [1.54, 1.807) is 0 Å². The fraction of sp³-hybridized carbons (Fsp3) is 0.520. The van der Waals surface area contributed by atoms with Crippen LogP contribution in [0.2, 0.25) is 19.6 Å². The molecule has 1 radical (unpaired) electrons. The molecule has 8 aliphatic carbocycles. The average molecular weight is 935 g/mol. The van der Waals surface area contributed by atoms with Crippen molar-refractivity contribution in [3.8, 4) is 22.4 Å². The van der Waals surface area contributed by atoms with Crippen LogP contribution >= 0.6 is 0 Å². The van der Waals surface area contributed by atoms with E-state index in [-0.39, 0.29) is 67.0 Å². The Kier molecular flexibility index (Phi) is 7.98. The van der Waals surface area contributed by atoms with Crippen molar-refractivity contribution >= 4 is 29.9 Å². The third-order valence-corrected chi connectivity index (χ3v) is 16.4. The largest absolute Gasteiger partial charge is 0.511 e. The van der Waals surface area contributed by atoms with E-state index >= 15 is 0 Å². The van der Waals surface area contributed by atoms with Crippen molar-refractivity contribution in [1.82, 2.24) is 4.98 Å². The molecular weight excluding hydrogens is 867 g/mol. The third kappa shape index (κ3) is 7.29. The number of aryl methyl sites for hydroxylation is 2. The maximum absolute atomic E-state index is 14.0. The molecule has 1 N–H and O–H groups in total. The van der Waals surface area contributed by atoms with Gasteiger partial charge in [0.2, 0.25) is 0 Å². The molecule has 5 heteroatoms. The number of hydrogen-bond acceptors (Lipinski definition) is 3. The number of aliphatic hydroxyl groups is 1. The Bertz CT molecular complexity index is 2420. The Balaban J connectivity index is 0.000000171. The zero-order valence-electron chi connectivity index (χ0n) is 41.0. The molecule has 1 aromatic heterocycles. The van der Waals surface area contributed by atoms with Crippen LogP contribution in [0.25, 0.3) is 33.3 Å². The molecule has 55 heavy (non-hydrogen) atoms. The number of hydrogen-bond donors (Lipinski definition) is 1. The SMILES string of the molecule is [2H]C([2H])([2H])/C(C(=O)C12CC3CC(CC(C3)C1)C2)=C(/O)C12CC3CC(CC(C3)C1)C2.[2H]c1c([2H])c([2H])c(-c2cc(-c3[c-]c(C)cc(C)c3)nc3ccc([Si](C)(C)C)cc23)c([2H])c1[2H].[Ir]. The molecular formula is C50H60IrNO2Si-. The zero-order chi connectivity index (χ0) is 44.4. The second-order valence-electron chi connectivity index (χ2n) is 19.7. The van der Waals surface area contributed by atoms with Crippen molar-refractivity contribution in [2.24, 2.45) is 46.3 Å². The average Bonchev–Trinajstić information content (AvgIpc) is 3.17. The van der Waals surface area contributed by atoms with Gasteiger partial charge in [-0.25, -0.2) is 0 Å². The molecule has 0 spiro atoms. The Hall–Kier alpha value is -2.85. The van der Waals surface area contributed by atoms with Gasteiger partial charge in [-0.05, 0) is 142 Å². The molecule has 8 fully saturated rings. The Morgan fingerprint density at radius 2 is 1.35 bits per heavy atom. The normalized spacial score (nSPS) is 34.1. The number of rotatable bonds is 6. The Labute approximate surface area is 355 Å². The summed E-state index contributed by atoms with van der Waals surface area (Å²) >= 11 is 0. The van der Waals surface area contributed by atoms with Gasteiger partial charge in [-0.3, -0.25) is 9.78 Å². The van der Waals surface area contributed by atoms with Crippen molar-refractivity contribution in [2.45, 2.75) is 117 Å². The van der Waals surface area contributed by atoms with Gasteiger partial charge in [-0.15, -0.1) is 34.9 Å². The molecule has 4 aromatic rings. The van der Waals surface area contributed by atoms with Crippen LogP contribution in [0.1, 0.15) is 106 Å². The fourth-order valence-corrected chi connectivity index (χ4v) is 14.0. The van der Waals surface area contributed by atoms with Crippen molar-refractivity contribution < 1.29 is 41.0 Å². The second kappa shape index (κ2) is 14.5.